The van der Waals surface area contributed by atoms with Crippen LogP contribution in [-0.4, -0.2) is 11.9 Å². The molecule has 108 valence electrons. The first-order chi connectivity index (χ1) is 9.95. The lowest BCUT2D eigenvalue weighted by atomic mass is 10.1. The molecule has 0 heterocycles. The number of aryl methyl sites for hydroxylation is 1. The van der Waals surface area contributed by atoms with E-state index in [1.807, 2.05) is 19.1 Å². The number of hydrogen-bond acceptors (Lipinski definition) is 2. The van der Waals surface area contributed by atoms with Gasteiger partial charge in [0.25, 0.3) is 5.91 Å². The second-order valence-corrected chi connectivity index (χ2v) is 5.36. The number of carbonyl (C=O) groups is 2. The number of halogens is 1. The van der Waals surface area contributed by atoms with Crippen LogP contribution in [-0.2, 0) is 0 Å². The molecule has 2 rings (SSSR count). The Morgan fingerprint density at radius 3 is 2.33 bits per heavy atom. The number of nitrogens with one attached hydrogen (secondary N) is 2. The predicted molar refractivity (Wildman–Crippen MR) is 86.5 cm³/mol. The monoisotopic (exact) mass is 347 g/mol. The summed E-state index contributed by atoms with van der Waals surface area (Å²) in [7, 11) is 0. The summed E-state index contributed by atoms with van der Waals surface area (Å²) in [6.07, 6.45) is 0. The molecule has 0 spiro atoms. The molecule has 0 aliphatic rings. The molecule has 0 atom stereocenters. The van der Waals surface area contributed by atoms with Crippen molar-refractivity contribution in [2.75, 3.05) is 10.6 Å². The normalized spacial score (nSPS) is 10.0. The first-order valence-corrected chi connectivity index (χ1v) is 6.99. The van der Waals surface area contributed by atoms with Crippen molar-refractivity contribution in [3.63, 3.8) is 0 Å². The van der Waals surface area contributed by atoms with Gasteiger partial charge in [-0.1, -0.05) is 12.1 Å². The average Bonchev–Trinajstić information content (AvgIpc) is 2.37. The molecule has 5 nitrogen and oxygen atoms in total. The van der Waals surface area contributed by atoms with E-state index in [1.165, 1.54) is 0 Å². The van der Waals surface area contributed by atoms with Crippen molar-refractivity contribution in [2.24, 2.45) is 5.73 Å². The summed E-state index contributed by atoms with van der Waals surface area (Å²) in [5.41, 5.74) is 7.74. The fraction of sp³-hybridized carbons (Fsp3) is 0.0667. The molecule has 0 fully saturated rings. The zero-order valence-corrected chi connectivity index (χ0v) is 12.9. The maximum atomic E-state index is 12.2. The van der Waals surface area contributed by atoms with Gasteiger partial charge in [-0.15, -0.1) is 0 Å². The molecular formula is C15H14BrN3O2. The Kier molecular flexibility index (Phi) is 4.59. The lowest BCUT2D eigenvalue weighted by molar-refractivity contribution is 0.102. The molecule has 0 bridgehead atoms. The van der Waals surface area contributed by atoms with Crippen molar-refractivity contribution in [1.82, 2.24) is 0 Å². The number of hydrogen-bond donors (Lipinski definition) is 3. The lowest BCUT2D eigenvalue weighted by Gasteiger charge is -2.09. The Labute approximate surface area is 130 Å². The summed E-state index contributed by atoms with van der Waals surface area (Å²) in [6.45, 7) is 1.95. The molecule has 0 aliphatic heterocycles. The maximum absolute atomic E-state index is 12.2. The van der Waals surface area contributed by atoms with E-state index >= 15 is 0 Å². The van der Waals surface area contributed by atoms with Crippen LogP contribution in [0.1, 0.15) is 15.9 Å². The quantitative estimate of drug-likeness (QED) is 0.793. The maximum Gasteiger partial charge on any atom is 0.316 e. The van der Waals surface area contributed by atoms with Gasteiger partial charge >= 0.3 is 6.03 Å². The Bertz CT molecular complexity index is 701. The van der Waals surface area contributed by atoms with Crippen molar-refractivity contribution in [3.05, 3.63) is 58.1 Å². The van der Waals surface area contributed by atoms with Crippen LogP contribution in [0.2, 0.25) is 0 Å². The summed E-state index contributed by atoms with van der Waals surface area (Å²) in [5.74, 6) is -0.238. The average molecular weight is 348 g/mol. The first kappa shape index (κ1) is 15.1. The minimum Gasteiger partial charge on any atom is -0.351 e. The number of urea groups is 1. The SMILES string of the molecule is Cc1ccc(C(=O)Nc2cccc(NC(N)=O)c2)c(Br)c1. The molecule has 4 N–H and O–H groups in total. The Morgan fingerprint density at radius 1 is 1.05 bits per heavy atom. The van der Waals surface area contributed by atoms with Crippen LogP contribution in [0.3, 0.4) is 0 Å². The van der Waals surface area contributed by atoms with E-state index in [9.17, 15) is 9.59 Å². The van der Waals surface area contributed by atoms with Crippen LogP contribution in [0, 0.1) is 6.92 Å². The van der Waals surface area contributed by atoms with E-state index in [2.05, 4.69) is 26.6 Å². The van der Waals surface area contributed by atoms with Gasteiger partial charge in [-0.25, -0.2) is 4.79 Å². The highest BCUT2D eigenvalue weighted by atomic mass is 79.9. The molecule has 0 aliphatic carbocycles. The zero-order chi connectivity index (χ0) is 15.4. The Morgan fingerprint density at radius 2 is 1.71 bits per heavy atom. The van der Waals surface area contributed by atoms with Crippen LogP contribution < -0.4 is 16.4 Å². The van der Waals surface area contributed by atoms with Crippen LogP contribution >= 0.6 is 15.9 Å². The lowest BCUT2D eigenvalue weighted by Crippen LogP contribution is -2.19. The van der Waals surface area contributed by atoms with Crippen molar-refractivity contribution in [1.29, 1.82) is 0 Å². The highest BCUT2D eigenvalue weighted by Crippen LogP contribution is 2.21. The number of anilines is 2. The summed E-state index contributed by atoms with van der Waals surface area (Å²) >= 11 is 3.37. The minimum atomic E-state index is -0.653. The van der Waals surface area contributed by atoms with E-state index in [-0.39, 0.29) is 5.91 Å². The summed E-state index contributed by atoms with van der Waals surface area (Å²) in [5, 5.41) is 5.23. The predicted octanol–water partition coefficient (Wildman–Crippen LogP) is 3.50. The number of nitrogens with two attached hydrogens (primary N) is 1. The van der Waals surface area contributed by atoms with Gasteiger partial charge in [0.05, 0.1) is 5.56 Å². The topological polar surface area (TPSA) is 84.2 Å². The molecule has 0 radical (unpaired) electrons. The van der Waals surface area contributed by atoms with Crippen molar-refractivity contribution >= 4 is 39.2 Å². The number of benzene rings is 2. The van der Waals surface area contributed by atoms with Crippen LogP contribution in [0.25, 0.3) is 0 Å². The zero-order valence-electron chi connectivity index (χ0n) is 11.3. The van der Waals surface area contributed by atoms with Gasteiger partial charge in [-0.2, -0.15) is 0 Å². The van der Waals surface area contributed by atoms with E-state index in [0.29, 0.717) is 16.9 Å². The highest BCUT2D eigenvalue weighted by molar-refractivity contribution is 9.10. The summed E-state index contributed by atoms with van der Waals surface area (Å²) in [6, 6.07) is 11.6. The third-order valence-corrected chi connectivity index (χ3v) is 3.41. The van der Waals surface area contributed by atoms with E-state index in [4.69, 9.17) is 5.73 Å². The molecule has 6 heteroatoms. The van der Waals surface area contributed by atoms with Crippen molar-refractivity contribution in [3.8, 4) is 0 Å². The largest absolute Gasteiger partial charge is 0.351 e. The number of carbonyl (C=O) groups excluding carboxylic acids is 2. The Balaban J connectivity index is 2.17. The number of primary amides is 1. The van der Waals surface area contributed by atoms with Crippen molar-refractivity contribution < 1.29 is 9.59 Å². The smallest absolute Gasteiger partial charge is 0.316 e. The molecule has 21 heavy (non-hydrogen) atoms. The van der Waals surface area contributed by atoms with Gasteiger partial charge in [0.1, 0.15) is 0 Å². The molecule has 2 aromatic carbocycles. The molecular weight excluding hydrogens is 334 g/mol. The van der Waals surface area contributed by atoms with Gasteiger partial charge in [-0.3, -0.25) is 4.79 Å². The Hall–Kier alpha value is -2.34. The fourth-order valence-corrected chi connectivity index (χ4v) is 2.49. The van der Waals surface area contributed by atoms with Gasteiger partial charge in [0.2, 0.25) is 0 Å². The first-order valence-electron chi connectivity index (χ1n) is 6.20. The van der Waals surface area contributed by atoms with E-state index in [0.717, 1.165) is 10.0 Å². The van der Waals surface area contributed by atoms with Crippen molar-refractivity contribution in [2.45, 2.75) is 6.92 Å². The van der Waals surface area contributed by atoms with Gasteiger partial charge < -0.3 is 16.4 Å². The minimum absolute atomic E-state index is 0.238. The van der Waals surface area contributed by atoms with Gasteiger partial charge in [0, 0.05) is 15.8 Å². The third kappa shape index (κ3) is 4.06. The number of rotatable bonds is 3. The molecule has 0 saturated carbocycles. The van der Waals surface area contributed by atoms with Crippen LogP contribution in [0.5, 0.6) is 0 Å². The molecule has 2 aromatic rings. The standard InChI is InChI=1S/C15H14BrN3O2/c1-9-5-6-12(13(16)7-9)14(20)18-10-3-2-4-11(8-10)19-15(17)21/h2-8H,1H3,(H,18,20)(H3,17,19,21). The second-order valence-electron chi connectivity index (χ2n) is 4.51. The van der Waals surface area contributed by atoms with E-state index in [1.54, 1.807) is 30.3 Å². The van der Waals surface area contributed by atoms with Gasteiger partial charge in [-0.05, 0) is 58.7 Å². The molecule has 0 unspecified atom stereocenters. The molecule has 0 saturated heterocycles. The second kappa shape index (κ2) is 6.41. The highest BCUT2D eigenvalue weighted by Gasteiger charge is 2.10. The molecule has 3 amide bonds. The van der Waals surface area contributed by atoms with Crippen LogP contribution in [0.4, 0.5) is 16.2 Å². The van der Waals surface area contributed by atoms with Crippen LogP contribution in [0.15, 0.2) is 46.9 Å². The number of amides is 3. The fourth-order valence-electron chi connectivity index (χ4n) is 1.82. The van der Waals surface area contributed by atoms with Gasteiger partial charge in [0.15, 0.2) is 0 Å². The third-order valence-electron chi connectivity index (χ3n) is 2.76. The van der Waals surface area contributed by atoms with E-state index < -0.39 is 6.03 Å². The summed E-state index contributed by atoms with van der Waals surface area (Å²) in [4.78, 5) is 23.0. The molecule has 0 aromatic heterocycles. The summed E-state index contributed by atoms with van der Waals surface area (Å²) < 4.78 is 0.728.